The van der Waals surface area contributed by atoms with Crippen molar-refractivity contribution in [2.75, 3.05) is 0 Å². The van der Waals surface area contributed by atoms with Gasteiger partial charge in [0.15, 0.2) is 0 Å². The Morgan fingerprint density at radius 3 is 2.35 bits per heavy atom. The molecule has 0 bridgehead atoms. The molecule has 0 saturated heterocycles. The van der Waals surface area contributed by atoms with Crippen molar-refractivity contribution in [2.45, 2.75) is 39.2 Å². The fourth-order valence-corrected chi connectivity index (χ4v) is 2.13. The number of rotatable bonds is 3. The van der Waals surface area contributed by atoms with Gasteiger partial charge in [0.2, 0.25) is 0 Å². The molecule has 0 spiro atoms. The maximum absolute atomic E-state index is 11.0. The number of benzene rings is 1. The van der Waals surface area contributed by atoms with Gasteiger partial charge in [0.25, 0.3) is 0 Å². The number of carboxylic acid groups (broad SMARTS) is 1. The van der Waals surface area contributed by atoms with Crippen LogP contribution in [0.25, 0.3) is 11.3 Å². The van der Waals surface area contributed by atoms with Crippen LogP contribution in [0.15, 0.2) is 36.8 Å². The minimum Gasteiger partial charge on any atom is -0.481 e. The predicted octanol–water partition coefficient (Wildman–Crippen LogP) is 3.49. The molecular formula is C16H20N2O2. The van der Waals surface area contributed by atoms with E-state index in [4.69, 9.17) is 5.11 Å². The van der Waals surface area contributed by atoms with Crippen LogP contribution in [0.1, 0.15) is 39.2 Å². The molecule has 4 nitrogen and oxygen atoms in total. The SMILES string of the molecule is CC(C(=O)O)c1ccc(-c2cncn2C(C)(C)C)cc1. The Balaban J connectivity index is 2.36. The summed E-state index contributed by atoms with van der Waals surface area (Å²) < 4.78 is 2.11. The summed E-state index contributed by atoms with van der Waals surface area (Å²) in [6, 6.07) is 7.64. The lowest BCUT2D eigenvalue weighted by Gasteiger charge is -2.23. The number of imidazole rings is 1. The number of aromatic nitrogens is 2. The zero-order valence-electron chi connectivity index (χ0n) is 12.3. The first kappa shape index (κ1) is 14.3. The first-order valence-corrected chi connectivity index (χ1v) is 6.66. The summed E-state index contributed by atoms with van der Waals surface area (Å²) in [5.74, 6) is -1.30. The zero-order chi connectivity index (χ0) is 14.9. The molecule has 106 valence electrons. The summed E-state index contributed by atoms with van der Waals surface area (Å²) in [7, 11) is 0. The molecule has 1 aromatic carbocycles. The van der Waals surface area contributed by atoms with Crippen LogP contribution in [0.4, 0.5) is 0 Å². The molecule has 1 aromatic heterocycles. The van der Waals surface area contributed by atoms with Crippen LogP contribution in [0.2, 0.25) is 0 Å². The first-order chi connectivity index (χ1) is 9.30. The van der Waals surface area contributed by atoms with E-state index >= 15 is 0 Å². The molecule has 0 aliphatic rings. The fourth-order valence-electron chi connectivity index (χ4n) is 2.13. The quantitative estimate of drug-likeness (QED) is 0.930. The average molecular weight is 272 g/mol. The second kappa shape index (κ2) is 5.12. The molecule has 1 N–H and O–H groups in total. The largest absolute Gasteiger partial charge is 0.481 e. The van der Waals surface area contributed by atoms with E-state index in [1.165, 1.54) is 0 Å². The summed E-state index contributed by atoms with van der Waals surface area (Å²) in [5, 5.41) is 9.03. The second-order valence-electron chi connectivity index (χ2n) is 6.00. The van der Waals surface area contributed by atoms with E-state index in [2.05, 4.69) is 30.3 Å². The third kappa shape index (κ3) is 2.74. The monoisotopic (exact) mass is 272 g/mol. The Morgan fingerprint density at radius 2 is 1.85 bits per heavy atom. The van der Waals surface area contributed by atoms with Gasteiger partial charge in [-0.2, -0.15) is 0 Å². The molecule has 1 atom stereocenters. The van der Waals surface area contributed by atoms with Crippen LogP contribution in [-0.2, 0) is 10.3 Å². The van der Waals surface area contributed by atoms with Gasteiger partial charge in [0.1, 0.15) is 0 Å². The summed E-state index contributed by atoms with van der Waals surface area (Å²) in [4.78, 5) is 15.2. The average Bonchev–Trinajstić information content (AvgIpc) is 2.87. The third-order valence-corrected chi connectivity index (χ3v) is 3.44. The molecule has 20 heavy (non-hydrogen) atoms. The molecular weight excluding hydrogens is 252 g/mol. The molecule has 0 aliphatic carbocycles. The summed E-state index contributed by atoms with van der Waals surface area (Å²) in [6.07, 6.45) is 3.66. The molecule has 1 heterocycles. The van der Waals surface area contributed by atoms with E-state index in [9.17, 15) is 4.79 Å². The zero-order valence-corrected chi connectivity index (χ0v) is 12.3. The van der Waals surface area contributed by atoms with Crippen molar-refractivity contribution in [3.05, 3.63) is 42.4 Å². The van der Waals surface area contributed by atoms with Gasteiger partial charge in [-0.1, -0.05) is 24.3 Å². The van der Waals surface area contributed by atoms with Crippen molar-refractivity contribution in [3.63, 3.8) is 0 Å². The van der Waals surface area contributed by atoms with E-state index in [-0.39, 0.29) is 5.54 Å². The molecule has 0 fully saturated rings. The molecule has 2 aromatic rings. The van der Waals surface area contributed by atoms with Gasteiger partial charge in [-0.15, -0.1) is 0 Å². The normalized spacial score (nSPS) is 13.2. The first-order valence-electron chi connectivity index (χ1n) is 6.66. The highest BCUT2D eigenvalue weighted by molar-refractivity contribution is 5.76. The highest BCUT2D eigenvalue weighted by Gasteiger charge is 2.18. The van der Waals surface area contributed by atoms with Crippen LogP contribution < -0.4 is 0 Å². The highest BCUT2D eigenvalue weighted by Crippen LogP contribution is 2.27. The smallest absolute Gasteiger partial charge is 0.310 e. The number of nitrogens with zero attached hydrogens (tertiary/aromatic N) is 2. The van der Waals surface area contributed by atoms with Gasteiger partial charge in [-0.3, -0.25) is 4.79 Å². The molecule has 1 unspecified atom stereocenters. The van der Waals surface area contributed by atoms with Crippen LogP contribution in [0.3, 0.4) is 0 Å². The lowest BCUT2D eigenvalue weighted by atomic mass is 9.99. The Labute approximate surface area is 119 Å². The minimum absolute atomic E-state index is 0.0428. The van der Waals surface area contributed by atoms with Crippen molar-refractivity contribution in [1.29, 1.82) is 0 Å². The van der Waals surface area contributed by atoms with E-state index in [1.807, 2.05) is 36.8 Å². The summed E-state index contributed by atoms with van der Waals surface area (Å²) in [5.41, 5.74) is 2.84. The third-order valence-electron chi connectivity index (χ3n) is 3.44. The lowest BCUT2D eigenvalue weighted by Crippen LogP contribution is -2.21. The van der Waals surface area contributed by atoms with Crippen LogP contribution in [-0.4, -0.2) is 20.6 Å². The minimum atomic E-state index is -0.808. The molecule has 0 aliphatic heterocycles. The summed E-state index contributed by atoms with van der Waals surface area (Å²) in [6.45, 7) is 8.06. The maximum atomic E-state index is 11.0. The molecule has 0 radical (unpaired) electrons. The number of hydrogen-bond donors (Lipinski definition) is 1. The predicted molar refractivity (Wildman–Crippen MR) is 78.7 cm³/mol. The van der Waals surface area contributed by atoms with Gasteiger partial charge in [-0.25, -0.2) is 4.98 Å². The van der Waals surface area contributed by atoms with E-state index < -0.39 is 11.9 Å². The second-order valence-corrected chi connectivity index (χ2v) is 6.00. The van der Waals surface area contributed by atoms with Crippen molar-refractivity contribution in [3.8, 4) is 11.3 Å². The van der Waals surface area contributed by atoms with Crippen molar-refractivity contribution in [2.24, 2.45) is 0 Å². The van der Waals surface area contributed by atoms with E-state index in [0.29, 0.717) is 0 Å². The van der Waals surface area contributed by atoms with Gasteiger partial charge in [0.05, 0.1) is 24.1 Å². The van der Waals surface area contributed by atoms with Crippen molar-refractivity contribution >= 4 is 5.97 Å². The van der Waals surface area contributed by atoms with E-state index in [1.54, 1.807) is 6.92 Å². The van der Waals surface area contributed by atoms with Crippen LogP contribution in [0, 0.1) is 0 Å². The van der Waals surface area contributed by atoms with Crippen LogP contribution in [0.5, 0.6) is 0 Å². The molecule has 0 amide bonds. The molecule has 4 heteroatoms. The Kier molecular flexibility index (Phi) is 3.66. The maximum Gasteiger partial charge on any atom is 0.310 e. The van der Waals surface area contributed by atoms with Crippen LogP contribution >= 0.6 is 0 Å². The van der Waals surface area contributed by atoms with Gasteiger partial charge in [0, 0.05) is 5.54 Å². The standard InChI is InChI=1S/C16H20N2O2/c1-11(15(19)20)12-5-7-13(8-6-12)14-9-17-10-18(14)16(2,3)4/h5-11H,1-4H3,(H,19,20). The van der Waals surface area contributed by atoms with Crippen molar-refractivity contribution in [1.82, 2.24) is 9.55 Å². The highest BCUT2D eigenvalue weighted by atomic mass is 16.4. The Bertz CT molecular complexity index is 606. The number of carbonyl (C=O) groups is 1. The number of aliphatic carboxylic acids is 1. The summed E-state index contributed by atoms with van der Waals surface area (Å²) >= 11 is 0. The van der Waals surface area contributed by atoms with Gasteiger partial charge >= 0.3 is 5.97 Å². The molecule has 2 rings (SSSR count). The van der Waals surface area contributed by atoms with Gasteiger partial charge in [-0.05, 0) is 38.8 Å². The Morgan fingerprint density at radius 1 is 1.25 bits per heavy atom. The Hall–Kier alpha value is -2.10. The van der Waals surface area contributed by atoms with Crippen molar-refractivity contribution < 1.29 is 9.90 Å². The van der Waals surface area contributed by atoms with Gasteiger partial charge < -0.3 is 9.67 Å². The topological polar surface area (TPSA) is 55.1 Å². The number of carboxylic acids is 1. The lowest BCUT2D eigenvalue weighted by molar-refractivity contribution is -0.138. The molecule has 0 saturated carbocycles. The number of hydrogen-bond acceptors (Lipinski definition) is 2. The fraction of sp³-hybridized carbons (Fsp3) is 0.375. The van der Waals surface area contributed by atoms with E-state index in [0.717, 1.165) is 16.8 Å².